The lowest BCUT2D eigenvalue weighted by atomic mass is 10.1. The van der Waals surface area contributed by atoms with Crippen molar-refractivity contribution in [2.24, 2.45) is 0 Å². The summed E-state index contributed by atoms with van der Waals surface area (Å²) in [5.74, 6) is 2.14. The van der Waals surface area contributed by atoms with Crippen LogP contribution in [0.2, 0.25) is 0 Å². The van der Waals surface area contributed by atoms with Crippen LogP contribution in [0, 0.1) is 0 Å². The summed E-state index contributed by atoms with van der Waals surface area (Å²) in [5, 5.41) is 0. The second-order valence-electron chi connectivity index (χ2n) is 6.25. The van der Waals surface area contributed by atoms with Gasteiger partial charge in [-0.1, -0.05) is 25.1 Å². The van der Waals surface area contributed by atoms with Crippen LogP contribution in [0.1, 0.15) is 18.1 Å². The largest absolute Gasteiger partial charge is 0.497 e. The number of fused-ring (bicyclic) bond motifs is 1. The molecule has 2 heterocycles. The summed E-state index contributed by atoms with van der Waals surface area (Å²) in [5.41, 5.74) is 1.96. The van der Waals surface area contributed by atoms with Crippen molar-refractivity contribution < 1.29 is 23.8 Å². The normalized spacial score (nSPS) is 15.6. The number of benzene rings is 2. The van der Waals surface area contributed by atoms with E-state index < -0.39 is 0 Å². The van der Waals surface area contributed by atoms with Gasteiger partial charge >= 0.3 is 0 Å². The molecule has 0 N–H and O–H groups in total. The maximum Gasteiger partial charge on any atom is 0.268 e. The number of imide groups is 1. The number of methoxy groups -OCH3 is 1. The van der Waals surface area contributed by atoms with Crippen LogP contribution in [0.25, 0.3) is 5.57 Å². The molecule has 2 amide bonds. The third-order valence-electron chi connectivity index (χ3n) is 4.57. The van der Waals surface area contributed by atoms with Crippen LogP contribution in [-0.4, -0.2) is 36.4 Å². The van der Waals surface area contributed by atoms with E-state index in [9.17, 15) is 9.59 Å². The van der Waals surface area contributed by atoms with E-state index in [1.807, 2.05) is 13.0 Å². The highest BCUT2D eigenvalue weighted by Crippen LogP contribution is 2.38. The third-order valence-corrected chi connectivity index (χ3v) is 5.53. The minimum Gasteiger partial charge on any atom is -0.497 e. The quantitative estimate of drug-likeness (QED) is 0.696. The first-order valence-corrected chi connectivity index (χ1v) is 9.87. The zero-order chi connectivity index (χ0) is 19.7. The highest BCUT2D eigenvalue weighted by molar-refractivity contribution is 8.04. The van der Waals surface area contributed by atoms with E-state index in [2.05, 4.69) is 0 Å². The molecule has 2 aromatic rings. The molecule has 0 aromatic heterocycles. The van der Waals surface area contributed by atoms with Crippen molar-refractivity contribution >= 4 is 29.1 Å². The van der Waals surface area contributed by atoms with Crippen molar-refractivity contribution in [3.8, 4) is 17.2 Å². The smallest absolute Gasteiger partial charge is 0.268 e. The van der Waals surface area contributed by atoms with E-state index in [0.29, 0.717) is 39.0 Å². The van der Waals surface area contributed by atoms with Crippen LogP contribution < -0.4 is 14.2 Å². The van der Waals surface area contributed by atoms with Crippen molar-refractivity contribution in [1.82, 2.24) is 4.90 Å². The van der Waals surface area contributed by atoms with Gasteiger partial charge in [0.25, 0.3) is 11.8 Å². The first kappa shape index (κ1) is 18.4. The zero-order valence-electron chi connectivity index (χ0n) is 15.6. The van der Waals surface area contributed by atoms with Gasteiger partial charge in [-0.15, -0.1) is 11.8 Å². The van der Waals surface area contributed by atoms with Gasteiger partial charge in [0.2, 0.25) is 6.79 Å². The summed E-state index contributed by atoms with van der Waals surface area (Å²) in [6, 6.07) is 12.6. The average molecular weight is 397 g/mol. The van der Waals surface area contributed by atoms with Gasteiger partial charge in [-0.2, -0.15) is 0 Å². The van der Waals surface area contributed by atoms with Gasteiger partial charge in [0.05, 0.1) is 24.1 Å². The van der Waals surface area contributed by atoms with Crippen molar-refractivity contribution in [2.45, 2.75) is 13.5 Å². The molecule has 0 atom stereocenters. The van der Waals surface area contributed by atoms with Gasteiger partial charge in [0, 0.05) is 0 Å². The number of amides is 2. The van der Waals surface area contributed by atoms with Crippen LogP contribution >= 0.6 is 11.8 Å². The van der Waals surface area contributed by atoms with E-state index in [-0.39, 0.29) is 25.2 Å². The van der Waals surface area contributed by atoms with Crippen LogP contribution in [-0.2, 0) is 16.1 Å². The predicted molar refractivity (Wildman–Crippen MR) is 106 cm³/mol. The Kier molecular flexibility index (Phi) is 5.00. The highest BCUT2D eigenvalue weighted by atomic mass is 32.2. The molecule has 0 saturated carbocycles. The number of hydrogen-bond donors (Lipinski definition) is 0. The fraction of sp³-hybridized carbons (Fsp3) is 0.238. The predicted octanol–water partition coefficient (Wildman–Crippen LogP) is 3.46. The molecule has 0 unspecified atom stereocenters. The molecule has 0 radical (unpaired) electrons. The van der Waals surface area contributed by atoms with Crippen molar-refractivity contribution in [3.63, 3.8) is 0 Å². The van der Waals surface area contributed by atoms with Crippen molar-refractivity contribution in [1.29, 1.82) is 0 Å². The van der Waals surface area contributed by atoms with E-state index >= 15 is 0 Å². The first-order valence-electron chi connectivity index (χ1n) is 8.88. The Morgan fingerprint density at radius 1 is 1.04 bits per heavy atom. The number of nitrogens with zero attached hydrogens (tertiary/aromatic N) is 1. The Hall–Kier alpha value is -2.93. The van der Waals surface area contributed by atoms with Crippen molar-refractivity contribution in [3.05, 3.63) is 58.5 Å². The monoisotopic (exact) mass is 397 g/mol. The lowest BCUT2D eigenvalue weighted by Crippen LogP contribution is -2.30. The molecule has 0 saturated heterocycles. The lowest BCUT2D eigenvalue weighted by molar-refractivity contribution is -0.137. The molecule has 2 aliphatic heterocycles. The summed E-state index contributed by atoms with van der Waals surface area (Å²) in [6.45, 7) is 2.32. The van der Waals surface area contributed by atoms with Crippen LogP contribution in [0.4, 0.5) is 0 Å². The molecule has 6 nitrogen and oxygen atoms in total. The Balaban J connectivity index is 1.64. The summed E-state index contributed by atoms with van der Waals surface area (Å²) < 4.78 is 15.9. The summed E-state index contributed by atoms with van der Waals surface area (Å²) >= 11 is 1.39. The molecule has 28 heavy (non-hydrogen) atoms. The minimum atomic E-state index is -0.288. The second kappa shape index (κ2) is 7.59. The molecule has 7 heteroatoms. The number of carbonyl (C=O) groups excluding carboxylic acids is 2. The van der Waals surface area contributed by atoms with Gasteiger partial charge in [-0.05, 0) is 41.1 Å². The Labute approximate surface area is 167 Å². The Morgan fingerprint density at radius 2 is 1.79 bits per heavy atom. The van der Waals surface area contributed by atoms with Gasteiger partial charge in [-0.3, -0.25) is 14.5 Å². The Morgan fingerprint density at radius 3 is 2.50 bits per heavy atom. The fourth-order valence-corrected chi connectivity index (χ4v) is 4.08. The van der Waals surface area contributed by atoms with Crippen molar-refractivity contribution in [2.75, 3.05) is 19.7 Å². The SMILES string of the molecule is CCSC1=C(c2ccc(OC)cc2)C(=O)N(Cc2ccc3c(c2)OCO3)C1=O. The van der Waals surface area contributed by atoms with E-state index in [4.69, 9.17) is 14.2 Å². The molecule has 0 fully saturated rings. The lowest BCUT2D eigenvalue weighted by Gasteiger charge is -2.15. The maximum atomic E-state index is 13.1. The standard InChI is InChI=1S/C21H19NO5S/c1-3-28-19-18(14-5-7-15(25-2)8-6-14)20(23)22(21(19)24)11-13-4-9-16-17(10-13)27-12-26-16/h4-10H,3,11-12H2,1-2H3. The van der Waals surface area contributed by atoms with Gasteiger partial charge in [0.15, 0.2) is 11.5 Å². The van der Waals surface area contributed by atoms with Gasteiger partial charge < -0.3 is 14.2 Å². The number of carbonyl (C=O) groups is 2. The number of rotatable bonds is 6. The highest BCUT2D eigenvalue weighted by Gasteiger charge is 2.39. The number of thioether (sulfide) groups is 1. The molecule has 0 bridgehead atoms. The summed E-state index contributed by atoms with van der Waals surface area (Å²) in [4.78, 5) is 27.9. The molecular weight excluding hydrogens is 378 g/mol. The van der Waals surface area contributed by atoms with Crippen LogP contribution in [0.15, 0.2) is 47.4 Å². The van der Waals surface area contributed by atoms with E-state index in [1.54, 1.807) is 43.5 Å². The molecule has 144 valence electrons. The van der Waals surface area contributed by atoms with Crippen LogP contribution in [0.5, 0.6) is 17.2 Å². The van der Waals surface area contributed by atoms with Gasteiger partial charge in [-0.25, -0.2) is 0 Å². The summed E-state index contributed by atoms with van der Waals surface area (Å²) in [7, 11) is 1.59. The molecule has 2 aliphatic rings. The van der Waals surface area contributed by atoms with E-state index in [1.165, 1.54) is 16.7 Å². The number of ether oxygens (including phenoxy) is 3. The second-order valence-corrected chi connectivity index (χ2v) is 7.52. The summed E-state index contributed by atoms with van der Waals surface area (Å²) in [6.07, 6.45) is 0. The molecule has 0 spiro atoms. The fourth-order valence-electron chi connectivity index (χ4n) is 3.21. The minimum absolute atomic E-state index is 0.181. The molecule has 2 aromatic carbocycles. The third kappa shape index (κ3) is 3.22. The van der Waals surface area contributed by atoms with Gasteiger partial charge in [0.1, 0.15) is 5.75 Å². The maximum absolute atomic E-state index is 13.1. The molecule has 0 aliphatic carbocycles. The topological polar surface area (TPSA) is 65.1 Å². The average Bonchev–Trinajstić information content (AvgIpc) is 3.27. The first-order chi connectivity index (χ1) is 13.6. The number of hydrogen-bond acceptors (Lipinski definition) is 6. The molecule has 4 rings (SSSR count). The van der Waals surface area contributed by atoms with E-state index in [0.717, 1.165) is 5.56 Å². The Bertz CT molecular complexity index is 967. The molecular formula is C21H19NO5S. The van der Waals surface area contributed by atoms with Crippen LogP contribution in [0.3, 0.4) is 0 Å². The zero-order valence-corrected chi connectivity index (χ0v) is 16.4.